The summed E-state index contributed by atoms with van der Waals surface area (Å²) in [5, 5.41) is 5.64. The van der Waals surface area contributed by atoms with Crippen LogP contribution in [0, 0.1) is 0 Å². The van der Waals surface area contributed by atoms with Gasteiger partial charge in [-0.3, -0.25) is 0 Å². The third-order valence-corrected chi connectivity index (χ3v) is 4.23. The van der Waals surface area contributed by atoms with Gasteiger partial charge in [0.25, 0.3) is 0 Å². The topological polar surface area (TPSA) is 95.4 Å². The van der Waals surface area contributed by atoms with Crippen LogP contribution in [0.1, 0.15) is 0 Å². The highest BCUT2D eigenvalue weighted by Gasteiger charge is 2.17. The molecule has 22 heavy (non-hydrogen) atoms. The van der Waals surface area contributed by atoms with Crippen LogP contribution in [0.4, 0.5) is 0 Å². The Labute approximate surface area is 131 Å². The monoisotopic (exact) mass is 338 g/mol. The lowest BCUT2D eigenvalue weighted by atomic mass is 10.2. The molecule has 0 radical (unpaired) electrons. The van der Waals surface area contributed by atoms with Crippen LogP contribution >= 0.6 is 11.6 Å². The second kappa shape index (κ2) is 5.28. The summed E-state index contributed by atoms with van der Waals surface area (Å²) < 4.78 is 33.6. The van der Waals surface area contributed by atoms with E-state index in [2.05, 4.69) is 4.98 Å². The highest BCUT2D eigenvalue weighted by atomic mass is 35.5. The van der Waals surface area contributed by atoms with Crippen molar-refractivity contribution < 1.29 is 17.6 Å². The molecule has 0 aliphatic rings. The fraction of sp³-hybridized carbons (Fsp3) is 0.0714. The molecule has 114 valence electrons. The number of aromatic nitrogens is 1. The number of benzene rings is 2. The van der Waals surface area contributed by atoms with E-state index in [1.807, 2.05) is 0 Å². The van der Waals surface area contributed by atoms with Gasteiger partial charge in [0, 0.05) is 17.2 Å². The number of hydrogen-bond donors (Lipinski definition) is 1. The molecule has 3 rings (SSSR count). The van der Waals surface area contributed by atoms with Gasteiger partial charge in [0.05, 0.1) is 17.6 Å². The molecule has 0 aliphatic carbocycles. The maximum absolute atomic E-state index is 11.4. The number of primary sulfonamides is 1. The van der Waals surface area contributed by atoms with Crippen molar-refractivity contribution in [2.24, 2.45) is 5.14 Å². The molecule has 0 bridgehead atoms. The van der Waals surface area contributed by atoms with Crippen molar-refractivity contribution in [3.8, 4) is 17.2 Å². The Bertz CT molecular complexity index is 966. The van der Waals surface area contributed by atoms with E-state index in [1.54, 1.807) is 18.2 Å². The van der Waals surface area contributed by atoms with Crippen LogP contribution in [0.3, 0.4) is 0 Å². The van der Waals surface area contributed by atoms with Crippen LogP contribution in [0.25, 0.3) is 22.6 Å². The fourth-order valence-corrected chi connectivity index (χ4v) is 2.73. The van der Waals surface area contributed by atoms with E-state index < -0.39 is 10.0 Å². The molecule has 0 spiro atoms. The molecule has 0 fully saturated rings. The first-order valence-electron chi connectivity index (χ1n) is 6.16. The van der Waals surface area contributed by atoms with E-state index in [-0.39, 0.29) is 4.90 Å². The van der Waals surface area contributed by atoms with E-state index >= 15 is 0 Å². The molecule has 6 nitrogen and oxygen atoms in total. The summed E-state index contributed by atoms with van der Waals surface area (Å²) in [6.45, 7) is 0. The second-order valence-corrected chi connectivity index (χ2v) is 6.54. The van der Waals surface area contributed by atoms with Crippen molar-refractivity contribution in [3.63, 3.8) is 0 Å². The third-order valence-electron chi connectivity index (χ3n) is 3.08. The highest BCUT2D eigenvalue weighted by Crippen LogP contribution is 2.33. The van der Waals surface area contributed by atoms with Gasteiger partial charge in [-0.25, -0.2) is 18.5 Å². The number of hydrogen-bond acceptors (Lipinski definition) is 5. The Morgan fingerprint density at radius 3 is 2.68 bits per heavy atom. The second-order valence-electron chi connectivity index (χ2n) is 4.54. The lowest BCUT2D eigenvalue weighted by Gasteiger charge is -2.07. The van der Waals surface area contributed by atoms with Gasteiger partial charge < -0.3 is 9.15 Å². The summed E-state index contributed by atoms with van der Waals surface area (Å²) >= 11 is 5.91. The van der Waals surface area contributed by atoms with Crippen molar-refractivity contribution in [2.75, 3.05) is 7.11 Å². The first-order valence-corrected chi connectivity index (χ1v) is 8.08. The van der Waals surface area contributed by atoms with E-state index in [0.717, 1.165) is 0 Å². The minimum atomic E-state index is -3.81. The predicted molar refractivity (Wildman–Crippen MR) is 82.4 cm³/mol. The van der Waals surface area contributed by atoms with Gasteiger partial charge in [-0.15, -0.1) is 0 Å². The quantitative estimate of drug-likeness (QED) is 0.792. The number of halogens is 1. The maximum atomic E-state index is 11.4. The summed E-state index contributed by atoms with van der Waals surface area (Å²) in [4.78, 5) is 4.29. The average Bonchev–Trinajstić information content (AvgIpc) is 2.88. The van der Waals surface area contributed by atoms with Gasteiger partial charge in [-0.1, -0.05) is 11.6 Å². The number of oxazole rings is 1. The molecule has 3 aromatic rings. The lowest BCUT2D eigenvalue weighted by molar-refractivity contribution is 0.413. The Morgan fingerprint density at radius 1 is 1.23 bits per heavy atom. The van der Waals surface area contributed by atoms with Gasteiger partial charge in [-0.2, -0.15) is 0 Å². The summed E-state index contributed by atoms with van der Waals surface area (Å²) in [7, 11) is -2.39. The van der Waals surface area contributed by atoms with Crippen molar-refractivity contribution in [2.45, 2.75) is 4.90 Å². The zero-order valence-electron chi connectivity index (χ0n) is 11.4. The maximum Gasteiger partial charge on any atom is 0.238 e. The zero-order valence-corrected chi connectivity index (χ0v) is 13.0. The molecule has 0 amide bonds. The van der Waals surface area contributed by atoms with Crippen molar-refractivity contribution in [1.82, 2.24) is 4.98 Å². The molecular weight excluding hydrogens is 328 g/mol. The summed E-state index contributed by atoms with van der Waals surface area (Å²) in [6.07, 6.45) is 0. The number of rotatable bonds is 3. The molecule has 0 aliphatic heterocycles. The normalized spacial score (nSPS) is 11.8. The molecule has 0 saturated heterocycles. The number of sulfonamides is 1. The van der Waals surface area contributed by atoms with Crippen LogP contribution in [0.15, 0.2) is 45.7 Å². The molecule has 0 atom stereocenters. The number of nitrogens with zero attached hydrogens (tertiary/aromatic N) is 1. The molecule has 8 heteroatoms. The number of methoxy groups -OCH3 is 1. The van der Waals surface area contributed by atoms with Crippen LogP contribution in [0.2, 0.25) is 5.02 Å². The largest absolute Gasteiger partial charge is 0.496 e. The van der Waals surface area contributed by atoms with Crippen LogP contribution < -0.4 is 9.88 Å². The number of fused-ring (bicyclic) bond motifs is 1. The first kappa shape index (κ1) is 14.8. The summed E-state index contributed by atoms with van der Waals surface area (Å²) in [5.74, 6) is 0.597. The predicted octanol–water partition coefficient (Wildman–Crippen LogP) is 2.80. The molecule has 0 unspecified atom stereocenters. The Kier molecular flexibility index (Phi) is 3.56. The SMILES string of the molecule is COc1cc(S(N)(=O)=O)ccc1-c1nc2ccc(Cl)cc2o1. The van der Waals surface area contributed by atoms with E-state index in [9.17, 15) is 8.42 Å². The average molecular weight is 339 g/mol. The van der Waals surface area contributed by atoms with Gasteiger partial charge in [-0.05, 0) is 24.3 Å². The van der Waals surface area contributed by atoms with E-state index in [0.29, 0.717) is 33.3 Å². The van der Waals surface area contributed by atoms with Crippen molar-refractivity contribution in [3.05, 3.63) is 41.4 Å². The third kappa shape index (κ3) is 2.66. The molecule has 1 aromatic heterocycles. The summed E-state index contributed by atoms with van der Waals surface area (Å²) in [5.41, 5.74) is 1.68. The zero-order chi connectivity index (χ0) is 15.9. The Balaban J connectivity index is 2.17. The van der Waals surface area contributed by atoms with Crippen molar-refractivity contribution >= 4 is 32.7 Å². The Hall–Kier alpha value is -2.09. The number of nitrogens with two attached hydrogens (primary N) is 1. The summed E-state index contributed by atoms with van der Waals surface area (Å²) in [6, 6.07) is 9.32. The first-order chi connectivity index (χ1) is 10.4. The highest BCUT2D eigenvalue weighted by molar-refractivity contribution is 7.89. The minimum absolute atomic E-state index is 0.0488. The lowest BCUT2D eigenvalue weighted by Crippen LogP contribution is -2.12. The van der Waals surface area contributed by atoms with Crippen LogP contribution in [-0.2, 0) is 10.0 Å². The van der Waals surface area contributed by atoms with E-state index in [4.69, 9.17) is 25.9 Å². The minimum Gasteiger partial charge on any atom is -0.496 e. The fourth-order valence-electron chi connectivity index (χ4n) is 2.04. The molecule has 2 N–H and O–H groups in total. The standard InChI is InChI=1S/C14H11ClN2O4S/c1-20-12-7-9(22(16,18)19)3-4-10(12)14-17-11-5-2-8(15)6-13(11)21-14/h2-7H,1H3,(H2,16,18,19). The number of ether oxygens (including phenoxy) is 1. The van der Waals surface area contributed by atoms with Crippen LogP contribution in [0.5, 0.6) is 5.75 Å². The van der Waals surface area contributed by atoms with Gasteiger partial charge in [0.1, 0.15) is 11.3 Å². The van der Waals surface area contributed by atoms with Gasteiger partial charge in [0.2, 0.25) is 15.9 Å². The molecular formula is C14H11ClN2O4S. The Morgan fingerprint density at radius 2 is 2.00 bits per heavy atom. The molecule has 0 saturated carbocycles. The van der Waals surface area contributed by atoms with Crippen LogP contribution in [-0.4, -0.2) is 20.5 Å². The van der Waals surface area contributed by atoms with E-state index in [1.165, 1.54) is 25.3 Å². The van der Waals surface area contributed by atoms with Gasteiger partial charge in [0.15, 0.2) is 5.58 Å². The molecule has 2 aromatic carbocycles. The van der Waals surface area contributed by atoms with Crippen molar-refractivity contribution in [1.29, 1.82) is 0 Å². The smallest absolute Gasteiger partial charge is 0.238 e. The molecule has 1 heterocycles. The van der Waals surface area contributed by atoms with Gasteiger partial charge >= 0.3 is 0 Å².